The summed E-state index contributed by atoms with van der Waals surface area (Å²) < 4.78 is 27.3. The molecule has 1 saturated heterocycles. The number of hydrogen-bond acceptors (Lipinski definition) is 5. The molecule has 29 heavy (non-hydrogen) atoms. The second-order valence-corrected chi connectivity index (χ2v) is 6.78. The number of anilines is 4. The summed E-state index contributed by atoms with van der Waals surface area (Å²) in [5.41, 5.74) is 0.674. The van der Waals surface area contributed by atoms with Gasteiger partial charge in [-0.25, -0.2) is 13.8 Å². The van der Waals surface area contributed by atoms with Crippen molar-refractivity contribution in [3.8, 4) is 0 Å². The molecule has 3 aromatic rings. The summed E-state index contributed by atoms with van der Waals surface area (Å²) in [5, 5.41) is 11.9. The maximum absolute atomic E-state index is 13.9. The largest absolute Gasteiger partial charge is 0.357 e. The van der Waals surface area contributed by atoms with Crippen molar-refractivity contribution in [2.75, 3.05) is 28.6 Å². The highest BCUT2D eigenvalue weighted by atomic mass is 19.2. The van der Waals surface area contributed by atoms with E-state index in [2.05, 4.69) is 30.7 Å². The molecule has 0 saturated carbocycles. The summed E-state index contributed by atoms with van der Waals surface area (Å²) in [6, 6.07) is 7.41. The Morgan fingerprint density at radius 2 is 1.90 bits per heavy atom. The molecule has 1 aliphatic rings. The number of piperidine rings is 1. The average molecular weight is 398 g/mol. The number of aromatic nitrogens is 3. The number of pyridine rings is 1. The molecule has 0 spiro atoms. The van der Waals surface area contributed by atoms with Gasteiger partial charge in [0.15, 0.2) is 17.3 Å². The molecular weight excluding hydrogens is 378 g/mol. The molecule has 0 atom stereocenters. The zero-order valence-corrected chi connectivity index (χ0v) is 15.6. The number of amides is 1. The summed E-state index contributed by atoms with van der Waals surface area (Å²) in [5.74, 6) is -1.63. The maximum Gasteiger partial charge on any atom is 0.278 e. The summed E-state index contributed by atoms with van der Waals surface area (Å²) in [7, 11) is 0. The van der Waals surface area contributed by atoms with Gasteiger partial charge in [0.1, 0.15) is 5.82 Å². The minimum absolute atomic E-state index is 0.0220. The highest BCUT2D eigenvalue weighted by molar-refractivity contribution is 6.06. The molecule has 7 nitrogen and oxygen atoms in total. The van der Waals surface area contributed by atoms with Crippen molar-refractivity contribution in [3.05, 3.63) is 60.1 Å². The van der Waals surface area contributed by atoms with Gasteiger partial charge in [-0.15, -0.1) is 0 Å². The fourth-order valence-corrected chi connectivity index (χ4v) is 3.26. The van der Waals surface area contributed by atoms with Gasteiger partial charge < -0.3 is 15.5 Å². The molecule has 0 bridgehead atoms. The number of hydrogen-bond donors (Lipinski definition) is 3. The molecule has 1 fully saturated rings. The molecule has 1 aromatic carbocycles. The SMILES string of the molecule is O=C(Nc1ccc(N2CCCCC2)nc1)c1n[nH]cc1Nc1cccc(F)c1F. The molecule has 1 amide bonds. The smallest absolute Gasteiger partial charge is 0.278 e. The molecule has 1 aliphatic heterocycles. The maximum atomic E-state index is 13.9. The van der Waals surface area contributed by atoms with Gasteiger partial charge in [-0.1, -0.05) is 6.07 Å². The van der Waals surface area contributed by atoms with E-state index in [0.29, 0.717) is 5.69 Å². The van der Waals surface area contributed by atoms with Crippen LogP contribution < -0.4 is 15.5 Å². The number of halogens is 2. The van der Waals surface area contributed by atoms with Crippen molar-refractivity contribution in [3.63, 3.8) is 0 Å². The first-order valence-electron chi connectivity index (χ1n) is 9.39. The third kappa shape index (κ3) is 4.18. The fourth-order valence-electron chi connectivity index (χ4n) is 3.26. The first kappa shape index (κ1) is 18.9. The average Bonchev–Trinajstić information content (AvgIpc) is 3.21. The number of carbonyl (C=O) groups is 1. The molecule has 150 valence electrons. The van der Waals surface area contributed by atoms with Crippen LogP contribution in [-0.4, -0.2) is 34.2 Å². The number of nitrogens with zero attached hydrogens (tertiary/aromatic N) is 3. The molecule has 0 unspecified atom stereocenters. The summed E-state index contributed by atoms with van der Waals surface area (Å²) in [6.07, 6.45) is 6.54. The molecule has 9 heteroatoms. The van der Waals surface area contributed by atoms with E-state index in [1.807, 2.05) is 6.07 Å². The Bertz CT molecular complexity index is 998. The Labute approximate surface area is 166 Å². The van der Waals surface area contributed by atoms with Crippen molar-refractivity contribution < 1.29 is 13.6 Å². The zero-order chi connectivity index (χ0) is 20.2. The van der Waals surface area contributed by atoms with Crippen LogP contribution in [0.5, 0.6) is 0 Å². The lowest BCUT2D eigenvalue weighted by Crippen LogP contribution is -2.30. The monoisotopic (exact) mass is 398 g/mol. The molecule has 2 aromatic heterocycles. The third-order valence-corrected chi connectivity index (χ3v) is 4.76. The molecule has 0 aliphatic carbocycles. The summed E-state index contributed by atoms with van der Waals surface area (Å²) >= 11 is 0. The minimum atomic E-state index is -1.03. The van der Waals surface area contributed by atoms with Crippen LogP contribution in [0.4, 0.5) is 31.7 Å². The number of H-pyrrole nitrogens is 1. The number of aromatic amines is 1. The van der Waals surface area contributed by atoms with E-state index in [4.69, 9.17) is 0 Å². The van der Waals surface area contributed by atoms with Crippen LogP contribution in [0.1, 0.15) is 29.8 Å². The van der Waals surface area contributed by atoms with E-state index in [-0.39, 0.29) is 17.1 Å². The Morgan fingerprint density at radius 1 is 1.07 bits per heavy atom. The number of carbonyl (C=O) groups excluding carboxylic acids is 1. The highest BCUT2D eigenvalue weighted by Crippen LogP contribution is 2.24. The predicted molar refractivity (Wildman–Crippen MR) is 106 cm³/mol. The van der Waals surface area contributed by atoms with Gasteiger partial charge in [-0.05, 0) is 43.5 Å². The second-order valence-electron chi connectivity index (χ2n) is 6.78. The van der Waals surface area contributed by atoms with Crippen LogP contribution in [0.2, 0.25) is 0 Å². The van der Waals surface area contributed by atoms with Crippen LogP contribution in [0, 0.1) is 11.6 Å². The van der Waals surface area contributed by atoms with E-state index >= 15 is 0 Å². The summed E-state index contributed by atoms with van der Waals surface area (Å²) in [6.45, 7) is 1.97. The number of nitrogens with one attached hydrogen (secondary N) is 3. The second kappa shape index (κ2) is 8.26. The Kier molecular flexibility index (Phi) is 5.37. The summed E-state index contributed by atoms with van der Waals surface area (Å²) in [4.78, 5) is 19.2. The van der Waals surface area contributed by atoms with Crippen molar-refractivity contribution >= 4 is 28.8 Å². The standard InChI is InChI=1S/C20H20F2N6O/c21-14-5-4-6-15(18(14)22)26-16-12-24-27-19(16)20(29)25-13-7-8-17(23-11-13)28-9-2-1-3-10-28/h4-8,11-12,26H,1-3,9-10H2,(H,24,27)(H,25,29). The van der Waals surface area contributed by atoms with E-state index in [9.17, 15) is 13.6 Å². The molecule has 3 N–H and O–H groups in total. The van der Waals surface area contributed by atoms with E-state index in [0.717, 1.165) is 37.8 Å². The highest BCUT2D eigenvalue weighted by Gasteiger charge is 2.18. The Morgan fingerprint density at radius 3 is 2.66 bits per heavy atom. The van der Waals surface area contributed by atoms with Crippen molar-refractivity contribution in [1.29, 1.82) is 0 Å². The van der Waals surface area contributed by atoms with Gasteiger partial charge >= 0.3 is 0 Å². The minimum Gasteiger partial charge on any atom is -0.357 e. The van der Waals surface area contributed by atoms with Crippen LogP contribution in [0.15, 0.2) is 42.7 Å². The van der Waals surface area contributed by atoms with Gasteiger partial charge in [-0.3, -0.25) is 9.89 Å². The van der Waals surface area contributed by atoms with Gasteiger partial charge in [0, 0.05) is 19.3 Å². The van der Waals surface area contributed by atoms with E-state index < -0.39 is 17.5 Å². The third-order valence-electron chi connectivity index (χ3n) is 4.76. The van der Waals surface area contributed by atoms with Crippen LogP contribution in [0.3, 0.4) is 0 Å². The van der Waals surface area contributed by atoms with Crippen molar-refractivity contribution in [2.24, 2.45) is 0 Å². The zero-order valence-electron chi connectivity index (χ0n) is 15.6. The molecular formula is C20H20F2N6O. The number of benzene rings is 1. The van der Waals surface area contributed by atoms with Crippen molar-refractivity contribution in [2.45, 2.75) is 19.3 Å². The lowest BCUT2D eigenvalue weighted by molar-refractivity contribution is 0.102. The number of rotatable bonds is 5. The molecule has 0 radical (unpaired) electrons. The normalized spacial score (nSPS) is 13.9. The lowest BCUT2D eigenvalue weighted by atomic mass is 10.1. The van der Waals surface area contributed by atoms with E-state index in [1.54, 1.807) is 12.3 Å². The van der Waals surface area contributed by atoms with Gasteiger partial charge in [0.05, 0.1) is 23.3 Å². The van der Waals surface area contributed by atoms with Gasteiger partial charge in [0.25, 0.3) is 5.91 Å². The lowest BCUT2D eigenvalue weighted by Gasteiger charge is -2.27. The first-order chi connectivity index (χ1) is 14.1. The van der Waals surface area contributed by atoms with Crippen LogP contribution >= 0.6 is 0 Å². The molecule has 4 rings (SSSR count). The van der Waals surface area contributed by atoms with Gasteiger partial charge in [-0.2, -0.15) is 5.10 Å². The Hall–Kier alpha value is -3.49. The molecule has 3 heterocycles. The van der Waals surface area contributed by atoms with Crippen LogP contribution in [-0.2, 0) is 0 Å². The van der Waals surface area contributed by atoms with Crippen LogP contribution in [0.25, 0.3) is 0 Å². The quantitative estimate of drug-likeness (QED) is 0.603. The topological polar surface area (TPSA) is 85.9 Å². The Balaban J connectivity index is 1.45. The van der Waals surface area contributed by atoms with Gasteiger partial charge in [0.2, 0.25) is 0 Å². The van der Waals surface area contributed by atoms with E-state index in [1.165, 1.54) is 24.8 Å². The first-order valence-corrected chi connectivity index (χ1v) is 9.39. The predicted octanol–water partition coefficient (Wildman–Crippen LogP) is 4.07. The van der Waals surface area contributed by atoms with Crippen molar-refractivity contribution in [1.82, 2.24) is 15.2 Å². The fraction of sp³-hybridized carbons (Fsp3) is 0.250.